The van der Waals surface area contributed by atoms with Crippen LogP contribution in [0.3, 0.4) is 0 Å². The van der Waals surface area contributed by atoms with Crippen molar-refractivity contribution in [1.29, 1.82) is 0 Å². The number of nitrogens with one attached hydrogen (secondary N) is 3. The SMILES string of the molecule is COc1ccc(Nc2nc(C(N)=O)c(NC(=O)c3ccc(NCCS)cc3)s2)cc1. The van der Waals surface area contributed by atoms with Crippen LogP contribution in [0.5, 0.6) is 5.75 Å². The smallest absolute Gasteiger partial charge is 0.270 e. The van der Waals surface area contributed by atoms with E-state index >= 15 is 0 Å². The van der Waals surface area contributed by atoms with E-state index in [1.165, 1.54) is 0 Å². The highest BCUT2D eigenvalue weighted by atomic mass is 32.1. The van der Waals surface area contributed by atoms with Crippen molar-refractivity contribution in [2.75, 3.05) is 35.4 Å². The summed E-state index contributed by atoms with van der Waals surface area (Å²) in [4.78, 5) is 28.6. The number of carbonyl (C=O) groups is 2. The standard InChI is InChI=1S/C20H21N5O3S2/c1-28-15-8-6-14(7-9-15)23-20-24-16(17(21)26)19(30-20)25-18(27)12-2-4-13(5-3-12)22-10-11-29/h2-9,22,29H,10-11H2,1H3,(H2,21,26)(H,23,24)(H,25,27). The first-order chi connectivity index (χ1) is 14.5. The van der Waals surface area contributed by atoms with Crippen LogP contribution in [0.15, 0.2) is 48.5 Å². The zero-order valence-electron chi connectivity index (χ0n) is 16.1. The molecule has 5 N–H and O–H groups in total. The van der Waals surface area contributed by atoms with Gasteiger partial charge in [0.1, 0.15) is 10.8 Å². The van der Waals surface area contributed by atoms with Crippen LogP contribution in [0, 0.1) is 0 Å². The van der Waals surface area contributed by atoms with Crippen LogP contribution in [0.4, 0.5) is 21.5 Å². The van der Waals surface area contributed by atoms with Crippen molar-refractivity contribution in [2.24, 2.45) is 5.73 Å². The van der Waals surface area contributed by atoms with Crippen molar-refractivity contribution >= 4 is 57.3 Å². The van der Waals surface area contributed by atoms with Gasteiger partial charge in [0.15, 0.2) is 10.8 Å². The number of thiol groups is 1. The molecule has 10 heteroatoms. The average Bonchev–Trinajstić information content (AvgIpc) is 3.15. The highest BCUT2D eigenvalue weighted by Gasteiger charge is 2.19. The second kappa shape index (κ2) is 9.99. The number of ether oxygens (including phenoxy) is 1. The van der Waals surface area contributed by atoms with Gasteiger partial charge in [0.2, 0.25) is 0 Å². The summed E-state index contributed by atoms with van der Waals surface area (Å²) in [6.45, 7) is 0.724. The van der Waals surface area contributed by atoms with Crippen molar-refractivity contribution in [3.05, 3.63) is 59.8 Å². The fourth-order valence-corrected chi connectivity index (χ4v) is 3.54. The molecule has 0 radical (unpaired) electrons. The van der Waals surface area contributed by atoms with Gasteiger partial charge in [0, 0.05) is 29.2 Å². The minimum absolute atomic E-state index is 0.00331. The fraction of sp³-hybridized carbons (Fsp3) is 0.150. The number of rotatable bonds is 9. The Bertz CT molecular complexity index is 1020. The number of methoxy groups -OCH3 is 1. The number of anilines is 4. The summed E-state index contributed by atoms with van der Waals surface area (Å²) in [6.07, 6.45) is 0. The molecule has 156 valence electrons. The molecule has 1 aromatic heterocycles. The van der Waals surface area contributed by atoms with Gasteiger partial charge in [-0.05, 0) is 48.5 Å². The summed E-state index contributed by atoms with van der Waals surface area (Å²) >= 11 is 5.27. The van der Waals surface area contributed by atoms with Crippen LogP contribution >= 0.6 is 24.0 Å². The lowest BCUT2D eigenvalue weighted by Crippen LogP contribution is -2.17. The molecular weight excluding hydrogens is 422 g/mol. The zero-order chi connectivity index (χ0) is 21.5. The monoisotopic (exact) mass is 443 g/mol. The zero-order valence-corrected chi connectivity index (χ0v) is 17.8. The Kier molecular flexibility index (Phi) is 7.15. The second-order valence-corrected chi connectivity index (χ2v) is 7.54. The van der Waals surface area contributed by atoms with Gasteiger partial charge < -0.3 is 26.4 Å². The number of nitrogens with zero attached hydrogens (tertiary/aromatic N) is 1. The average molecular weight is 444 g/mol. The summed E-state index contributed by atoms with van der Waals surface area (Å²) in [5.74, 6) is 0.335. The summed E-state index contributed by atoms with van der Waals surface area (Å²) in [6, 6.07) is 14.2. The number of primary amides is 1. The van der Waals surface area contributed by atoms with Crippen LogP contribution in [-0.4, -0.2) is 36.2 Å². The van der Waals surface area contributed by atoms with Gasteiger partial charge in [-0.15, -0.1) is 0 Å². The molecule has 0 aliphatic rings. The van der Waals surface area contributed by atoms with E-state index in [9.17, 15) is 9.59 Å². The second-order valence-electron chi connectivity index (χ2n) is 6.10. The van der Waals surface area contributed by atoms with Crippen molar-refractivity contribution in [1.82, 2.24) is 4.98 Å². The Hall–Kier alpha value is -3.24. The van der Waals surface area contributed by atoms with Gasteiger partial charge in [0.05, 0.1) is 7.11 Å². The fourth-order valence-electron chi connectivity index (χ4n) is 2.54. The molecule has 0 saturated heterocycles. The molecule has 0 atom stereocenters. The number of benzene rings is 2. The van der Waals surface area contributed by atoms with Crippen molar-refractivity contribution < 1.29 is 14.3 Å². The van der Waals surface area contributed by atoms with Gasteiger partial charge in [-0.3, -0.25) is 9.59 Å². The third kappa shape index (κ3) is 5.43. The molecule has 0 bridgehead atoms. The van der Waals surface area contributed by atoms with Crippen molar-refractivity contribution in [2.45, 2.75) is 0 Å². The van der Waals surface area contributed by atoms with E-state index in [1.807, 2.05) is 12.1 Å². The summed E-state index contributed by atoms with van der Waals surface area (Å²) in [5.41, 5.74) is 7.52. The lowest BCUT2D eigenvalue weighted by molar-refractivity contribution is 0.0997. The van der Waals surface area contributed by atoms with Crippen LogP contribution in [0.1, 0.15) is 20.8 Å². The number of aromatic nitrogens is 1. The third-order valence-corrected chi connectivity index (χ3v) is 5.13. The Balaban J connectivity index is 1.74. The molecule has 30 heavy (non-hydrogen) atoms. The maximum Gasteiger partial charge on any atom is 0.270 e. The minimum atomic E-state index is -0.726. The predicted octanol–water partition coefficient (Wildman–Crippen LogP) is 3.59. The molecule has 8 nitrogen and oxygen atoms in total. The topological polar surface area (TPSA) is 118 Å². The molecule has 0 unspecified atom stereocenters. The lowest BCUT2D eigenvalue weighted by Gasteiger charge is -2.07. The number of thiazole rings is 1. The van der Waals surface area contributed by atoms with E-state index in [4.69, 9.17) is 10.5 Å². The maximum atomic E-state index is 12.6. The molecule has 0 aliphatic carbocycles. The molecular formula is C20H21N5O3S2. The van der Waals surface area contributed by atoms with E-state index in [-0.39, 0.29) is 16.6 Å². The van der Waals surface area contributed by atoms with Gasteiger partial charge in [0.25, 0.3) is 11.8 Å². The molecule has 0 spiro atoms. The summed E-state index contributed by atoms with van der Waals surface area (Å²) < 4.78 is 5.13. The van der Waals surface area contributed by atoms with Gasteiger partial charge in [-0.2, -0.15) is 12.6 Å². The van der Waals surface area contributed by atoms with Crippen LogP contribution in [0.2, 0.25) is 0 Å². The Morgan fingerprint density at radius 3 is 2.37 bits per heavy atom. The normalized spacial score (nSPS) is 10.3. The number of carbonyl (C=O) groups excluding carboxylic acids is 2. The first-order valence-corrected chi connectivity index (χ1v) is 10.4. The molecule has 0 aliphatic heterocycles. The Labute approximate surface area is 183 Å². The molecule has 2 aromatic carbocycles. The summed E-state index contributed by atoms with van der Waals surface area (Å²) in [5, 5.41) is 9.69. The maximum absolute atomic E-state index is 12.6. The Morgan fingerprint density at radius 2 is 1.77 bits per heavy atom. The minimum Gasteiger partial charge on any atom is -0.497 e. The predicted molar refractivity (Wildman–Crippen MR) is 124 cm³/mol. The van der Waals surface area contributed by atoms with E-state index in [0.717, 1.165) is 35.0 Å². The van der Waals surface area contributed by atoms with Crippen LogP contribution in [0.25, 0.3) is 0 Å². The van der Waals surface area contributed by atoms with E-state index in [1.54, 1.807) is 43.5 Å². The van der Waals surface area contributed by atoms with Crippen molar-refractivity contribution in [3.63, 3.8) is 0 Å². The molecule has 2 amide bonds. The third-order valence-electron chi connectivity index (χ3n) is 4.02. The largest absolute Gasteiger partial charge is 0.497 e. The van der Waals surface area contributed by atoms with Crippen molar-refractivity contribution in [3.8, 4) is 5.75 Å². The van der Waals surface area contributed by atoms with Crippen LogP contribution < -0.4 is 26.4 Å². The van der Waals surface area contributed by atoms with E-state index in [2.05, 4.69) is 33.6 Å². The lowest BCUT2D eigenvalue weighted by atomic mass is 10.2. The van der Waals surface area contributed by atoms with Crippen LogP contribution in [-0.2, 0) is 0 Å². The number of amides is 2. The van der Waals surface area contributed by atoms with Gasteiger partial charge in [-0.1, -0.05) is 11.3 Å². The summed E-state index contributed by atoms with van der Waals surface area (Å²) in [7, 11) is 1.59. The first kappa shape index (κ1) is 21.5. The number of hydrogen-bond donors (Lipinski definition) is 5. The highest BCUT2D eigenvalue weighted by Crippen LogP contribution is 2.31. The molecule has 3 aromatic rings. The molecule has 3 rings (SSSR count). The number of hydrogen-bond acceptors (Lipinski definition) is 8. The van der Waals surface area contributed by atoms with Gasteiger partial charge in [-0.25, -0.2) is 4.98 Å². The quantitative estimate of drug-likeness (QED) is 0.323. The van der Waals surface area contributed by atoms with Gasteiger partial charge >= 0.3 is 0 Å². The highest BCUT2D eigenvalue weighted by molar-refractivity contribution is 7.80. The molecule has 1 heterocycles. The number of nitrogens with two attached hydrogens (primary N) is 1. The Morgan fingerprint density at radius 1 is 1.10 bits per heavy atom. The molecule has 0 saturated carbocycles. The van der Waals surface area contributed by atoms with E-state index in [0.29, 0.717) is 16.4 Å². The molecule has 0 fully saturated rings. The first-order valence-electron chi connectivity index (χ1n) is 8.98. The van der Waals surface area contributed by atoms with E-state index < -0.39 is 5.91 Å².